The fourth-order valence-electron chi connectivity index (χ4n) is 2.17. The van der Waals surface area contributed by atoms with Gasteiger partial charge in [-0.3, -0.25) is 10.1 Å². The zero-order valence-corrected chi connectivity index (χ0v) is 12.6. The molecule has 5 nitrogen and oxygen atoms in total. The van der Waals surface area contributed by atoms with Crippen molar-refractivity contribution >= 4 is 28.9 Å². The second-order valence-corrected chi connectivity index (χ2v) is 5.35. The number of hydrogen-bond donors (Lipinski definition) is 0. The molecule has 0 bridgehead atoms. The van der Waals surface area contributed by atoms with Crippen LogP contribution in [-0.2, 0) is 0 Å². The van der Waals surface area contributed by atoms with E-state index in [1.165, 1.54) is 10.9 Å². The van der Waals surface area contributed by atoms with Gasteiger partial charge in [-0.1, -0.05) is 41.4 Å². The molecular weight excluding hydrogens is 325 g/mol. The maximum absolute atomic E-state index is 11.3. The van der Waals surface area contributed by atoms with Gasteiger partial charge in [0.05, 0.1) is 15.6 Å². The third kappa shape index (κ3) is 2.56. The van der Waals surface area contributed by atoms with Gasteiger partial charge < -0.3 is 0 Å². The topological polar surface area (TPSA) is 61.0 Å². The van der Waals surface area contributed by atoms with Crippen molar-refractivity contribution in [3.05, 3.63) is 74.9 Å². The molecule has 1 heterocycles. The lowest BCUT2D eigenvalue weighted by molar-refractivity contribution is -0.384. The monoisotopic (exact) mass is 333 g/mol. The molecule has 3 rings (SSSR count). The minimum absolute atomic E-state index is 0.118. The van der Waals surface area contributed by atoms with E-state index in [1.54, 1.807) is 18.2 Å². The number of benzene rings is 2. The summed E-state index contributed by atoms with van der Waals surface area (Å²) < 4.78 is 1.49. The van der Waals surface area contributed by atoms with Gasteiger partial charge in [-0.25, -0.2) is 4.68 Å². The molecule has 0 spiro atoms. The molecule has 0 aliphatic carbocycles. The quantitative estimate of drug-likeness (QED) is 0.513. The van der Waals surface area contributed by atoms with Gasteiger partial charge in [0, 0.05) is 10.6 Å². The van der Waals surface area contributed by atoms with Crippen molar-refractivity contribution in [2.24, 2.45) is 0 Å². The van der Waals surface area contributed by atoms with Gasteiger partial charge in [0.1, 0.15) is 6.20 Å². The highest BCUT2D eigenvalue weighted by atomic mass is 35.5. The van der Waals surface area contributed by atoms with E-state index in [4.69, 9.17) is 23.2 Å². The van der Waals surface area contributed by atoms with Gasteiger partial charge in [-0.15, -0.1) is 0 Å². The summed E-state index contributed by atoms with van der Waals surface area (Å²) in [5.41, 5.74) is 1.40. The smallest absolute Gasteiger partial charge is 0.258 e. The van der Waals surface area contributed by atoms with Gasteiger partial charge in [-0.05, 0) is 30.3 Å². The van der Waals surface area contributed by atoms with E-state index in [9.17, 15) is 10.1 Å². The van der Waals surface area contributed by atoms with Gasteiger partial charge >= 0.3 is 5.69 Å². The van der Waals surface area contributed by atoms with E-state index < -0.39 is 4.92 Å². The van der Waals surface area contributed by atoms with E-state index in [0.29, 0.717) is 27.0 Å². The van der Waals surface area contributed by atoms with Crippen molar-refractivity contribution in [2.75, 3.05) is 0 Å². The number of aromatic nitrogens is 2. The first-order valence-corrected chi connectivity index (χ1v) is 7.07. The molecule has 22 heavy (non-hydrogen) atoms. The Kier molecular flexibility index (Phi) is 3.83. The standard InChI is InChI=1S/C15H9Cl2N3O2/c16-10-6-7-12(13(17)8-10)15-14(20(21)22)9-18-19(15)11-4-2-1-3-5-11/h1-9H. The predicted molar refractivity (Wildman–Crippen MR) is 85.7 cm³/mol. The van der Waals surface area contributed by atoms with Gasteiger partial charge in [0.2, 0.25) is 0 Å². The predicted octanol–water partition coefficient (Wildman–Crippen LogP) is 4.75. The molecule has 0 fully saturated rings. The zero-order valence-electron chi connectivity index (χ0n) is 11.1. The van der Waals surface area contributed by atoms with Crippen LogP contribution in [0, 0.1) is 10.1 Å². The molecule has 0 amide bonds. The van der Waals surface area contributed by atoms with Crippen molar-refractivity contribution in [2.45, 2.75) is 0 Å². The fraction of sp³-hybridized carbons (Fsp3) is 0. The average Bonchev–Trinajstić information content (AvgIpc) is 2.93. The normalized spacial score (nSPS) is 10.6. The highest BCUT2D eigenvalue weighted by molar-refractivity contribution is 6.36. The van der Waals surface area contributed by atoms with Crippen LogP contribution < -0.4 is 0 Å². The Hall–Kier alpha value is -2.37. The summed E-state index contributed by atoms with van der Waals surface area (Å²) in [5, 5.41) is 16.2. The first-order chi connectivity index (χ1) is 10.6. The largest absolute Gasteiger partial charge is 0.315 e. The molecule has 0 saturated heterocycles. The van der Waals surface area contributed by atoms with Crippen molar-refractivity contribution in [1.29, 1.82) is 0 Å². The van der Waals surface area contributed by atoms with E-state index >= 15 is 0 Å². The van der Waals surface area contributed by atoms with Crippen LogP contribution in [0.25, 0.3) is 16.9 Å². The molecular formula is C15H9Cl2N3O2. The summed E-state index contributed by atoms with van der Waals surface area (Å²) in [7, 11) is 0. The lowest BCUT2D eigenvalue weighted by Crippen LogP contribution is -2.00. The molecule has 3 aromatic rings. The number of nitro groups is 1. The summed E-state index contributed by atoms with van der Waals surface area (Å²) in [6.45, 7) is 0. The Balaban J connectivity index is 2.28. The van der Waals surface area contributed by atoms with Crippen LogP contribution in [0.2, 0.25) is 10.0 Å². The Morgan fingerprint density at radius 3 is 2.45 bits per heavy atom. The van der Waals surface area contributed by atoms with E-state index in [2.05, 4.69) is 5.10 Å². The molecule has 0 aliphatic rings. The molecule has 0 N–H and O–H groups in total. The number of rotatable bonds is 3. The Bertz CT molecular complexity index is 847. The summed E-state index contributed by atoms with van der Waals surface area (Å²) in [5.74, 6) is 0. The van der Waals surface area contributed by atoms with Crippen LogP contribution in [0.4, 0.5) is 5.69 Å². The second-order valence-electron chi connectivity index (χ2n) is 4.51. The number of halogens is 2. The maximum atomic E-state index is 11.3. The number of para-hydroxylation sites is 1. The average molecular weight is 334 g/mol. The first-order valence-electron chi connectivity index (χ1n) is 6.31. The third-order valence-electron chi connectivity index (χ3n) is 3.13. The molecule has 0 unspecified atom stereocenters. The van der Waals surface area contributed by atoms with Gasteiger partial charge in [-0.2, -0.15) is 5.10 Å². The highest BCUT2D eigenvalue weighted by Gasteiger charge is 2.24. The van der Waals surface area contributed by atoms with E-state index in [-0.39, 0.29) is 5.69 Å². The maximum Gasteiger partial charge on any atom is 0.315 e. The Labute approximate surface area is 135 Å². The molecule has 0 radical (unpaired) electrons. The van der Waals surface area contributed by atoms with Gasteiger partial charge in [0.15, 0.2) is 5.69 Å². The van der Waals surface area contributed by atoms with E-state index in [0.717, 1.165) is 0 Å². The van der Waals surface area contributed by atoms with Gasteiger partial charge in [0.25, 0.3) is 0 Å². The first kappa shape index (κ1) is 14.6. The van der Waals surface area contributed by atoms with Crippen LogP contribution in [0.1, 0.15) is 0 Å². The molecule has 0 atom stereocenters. The van der Waals surface area contributed by atoms with E-state index in [1.807, 2.05) is 30.3 Å². The Morgan fingerprint density at radius 1 is 1.09 bits per heavy atom. The van der Waals surface area contributed by atoms with Crippen LogP contribution >= 0.6 is 23.2 Å². The highest BCUT2D eigenvalue weighted by Crippen LogP contribution is 2.37. The summed E-state index contributed by atoms with van der Waals surface area (Å²) in [6.07, 6.45) is 1.22. The van der Waals surface area contributed by atoms with Crippen LogP contribution in [0.15, 0.2) is 54.7 Å². The lowest BCUT2D eigenvalue weighted by atomic mass is 10.1. The van der Waals surface area contributed by atoms with Crippen molar-refractivity contribution in [3.63, 3.8) is 0 Å². The number of nitrogens with zero attached hydrogens (tertiary/aromatic N) is 3. The lowest BCUT2D eigenvalue weighted by Gasteiger charge is -2.09. The molecule has 110 valence electrons. The summed E-state index contributed by atoms with van der Waals surface area (Å²) >= 11 is 12.1. The molecule has 0 aliphatic heterocycles. The molecule has 0 saturated carbocycles. The second kappa shape index (κ2) is 5.79. The third-order valence-corrected chi connectivity index (χ3v) is 3.68. The van der Waals surface area contributed by atoms with Crippen molar-refractivity contribution in [3.8, 4) is 16.9 Å². The summed E-state index contributed by atoms with van der Waals surface area (Å²) in [6, 6.07) is 14.0. The molecule has 2 aromatic carbocycles. The minimum atomic E-state index is -0.479. The fourth-order valence-corrected chi connectivity index (χ4v) is 2.67. The Morgan fingerprint density at radius 2 is 1.82 bits per heavy atom. The van der Waals surface area contributed by atoms with Crippen molar-refractivity contribution < 1.29 is 4.92 Å². The van der Waals surface area contributed by atoms with Crippen LogP contribution in [-0.4, -0.2) is 14.7 Å². The number of hydrogen-bond acceptors (Lipinski definition) is 3. The van der Waals surface area contributed by atoms with Crippen LogP contribution in [0.5, 0.6) is 0 Å². The molecule has 7 heteroatoms. The molecule has 1 aromatic heterocycles. The minimum Gasteiger partial charge on any atom is -0.258 e. The zero-order chi connectivity index (χ0) is 15.7. The van der Waals surface area contributed by atoms with Crippen molar-refractivity contribution in [1.82, 2.24) is 9.78 Å². The SMILES string of the molecule is O=[N+]([O-])c1cnn(-c2ccccc2)c1-c1ccc(Cl)cc1Cl. The summed E-state index contributed by atoms with van der Waals surface area (Å²) in [4.78, 5) is 10.8. The van der Waals surface area contributed by atoms with Crippen LogP contribution in [0.3, 0.4) is 0 Å².